The average molecular weight is 441 g/mol. The van der Waals surface area contributed by atoms with Crippen LogP contribution in [-0.2, 0) is 37.0 Å². The van der Waals surface area contributed by atoms with Gasteiger partial charge < -0.3 is 4.74 Å². The molecule has 7 nitrogen and oxygen atoms in total. The van der Waals surface area contributed by atoms with Crippen molar-refractivity contribution in [3.63, 3.8) is 0 Å². The van der Waals surface area contributed by atoms with Crippen LogP contribution in [0.5, 0.6) is 0 Å². The molecule has 0 N–H and O–H groups in total. The zero-order valence-corrected chi connectivity index (χ0v) is 18.5. The summed E-state index contributed by atoms with van der Waals surface area (Å²) in [4.78, 5) is 12.2. The summed E-state index contributed by atoms with van der Waals surface area (Å²) in [5.74, 6) is -0.114. The number of rotatable bonds is 6. The SMILES string of the molecule is CCOC(=O)Cn1nc(C(C)C)cc1-c1ccc(-c2ccc3c(c2)S(=O)(=O)OC3)cc1. The van der Waals surface area contributed by atoms with Crippen LogP contribution in [0.4, 0.5) is 0 Å². The van der Waals surface area contributed by atoms with Crippen LogP contribution in [0.2, 0.25) is 0 Å². The Kier molecular flexibility index (Phi) is 5.68. The van der Waals surface area contributed by atoms with E-state index in [0.29, 0.717) is 12.2 Å². The van der Waals surface area contributed by atoms with Crippen LogP contribution in [0, 0.1) is 0 Å². The number of ether oxygens (including phenoxy) is 1. The molecule has 0 aliphatic carbocycles. The summed E-state index contributed by atoms with van der Waals surface area (Å²) in [6.07, 6.45) is 0. The summed E-state index contributed by atoms with van der Waals surface area (Å²) in [5.41, 5.74) is 4.98. The number of benzene rings is 2. The third-order valence-electron chi connectivity index (χ3n) is 5.19. The number of carbonyl (C=O) groups excluding carboxylic acids is 1. The van der Waals surface area contributed by atoms with Gasteiger partial charge in [-0.1, -0.05) is 50.2 Å². The first-order chi connectivity index (χ1) is 14.8. The predicted molar refractivity (Wildman–Crippen MR) is 116 cm³/mol. The van der Waals surface area contributed by atoms with Gasteiger partial charge >= 0.3 is 5.97 Å². The topological polar surface area (TPSA) is 87.5 Å². The van der Waals surface area contributed by atoms with E-state index in [0.717, 1.165) is 28.1 Å². The van der Waals surface area contributed by atoms with E-state index in [1.807, 2.05) is 36.4 Å². The van der Waals surface area contributed by atoms with E-state index in [1.54, 1.807) is 23.7 Å². The van der Waals surface area contributed by atoms with Gasteiger partial charge in [0, 0.05) is 5.56 Å². The molecule has 0 saturated carbocycles. The van der Waals surface area contributed by atoms with Gasteiger partial charge in [0.1, 0.15) is 11.4 Å². The van der Waals surface area contributed by atoms with Crippen LogP contribution in [0.15, 0.2) is 53.4 Å². The molecule has 0 spiro atoms. The van der Waals surface area contributed by atoms with Crippen LogP contribution in [-0.4, -0.2) is 30.8 Å². The molecule has 2 aromatic carbocycles. The number of nitrogens with zero attached hydrogens (tertiary/aromatic N) is 2. The highest BCUT2D eigenvalue weighted by molar-refractivity contribution is 7.87. The lowest BCUT2D eigenvalue weighted by molar-refractivity contribution is -0.144. The molecule has 0 radical (unpaired) electrons. The highest BCUT2D eigenvalue weighted by Crippen LogP contribution is 2.33. The number of fused-ring (bicyclic) bond motifs is 1. The largest absolute Gasteiger partial charge is 0.465 e. The Morgan fingerprint density at radius 1 is 1.10 bits per heavy atom. The Morgan fingerprint density at radius 2 is 1.77 bits per heavy atom. The van der Waals surface area contributed by atoms with Crippen molar-refractivity contribution in [2.75, 3.05) is 6.61 Å². The third-order valence-corrected chi connectivity index (χ3v) is 6.54. The number of hydrogen-bond donors (Lipinski definition) is 0. The standard InChI is InChI=1S/C23H24N2O5S/c1-4-29-23(26)13-25-21(12-20(24-25)15(2)3)17-7-5-16(6-8-17)18-9-10-19-14-30-31(27,28)22(19)11-18/h5-12,15H,4,13-14H2,1-3H3. The fraction of sp³-hybridized carbons (Fsp3) is 0.304. The van der Waals surface area contributed by atoms with Gasteiger partial charge in [-0.25, -0.2) is 0 Å². The summed E-state index contributed by atoms with van der Waals surface area (Å²) >= 11 is 0. The molecule has 0 amide bonds. The fourth-order valence-corrected chi connectivity index (χ4v) is 4.65. The van der Waals surface area contributed by atoms with Crippen molar-refractivity contribution in [1.29, 1.82) is 0 Å². The van der Waals surface area contributed by atoms with E-state index in [9.17, 15) is 13.2 Å². The van der Waals surface area contributed by atoms with Gasteiger partial charge in [-0.05, 0) is 41.7 Å². The maximum Gasteiger partial charge on any atom is 0.327 e. The Labute approximate surface area is 181 Å². The first-order valence-electron chi connectivity index (χ1n) is 10.1. The highest BCUT2D eigenvalue weighted by atomic mass is 32.2. The molecule has 2 heterocycles. The molecule has 3 aromatic rings. The van der Waals surface area contributed by atoms with Crippen LogP contribution < -0.4 is 0 Å². The molecule has 0 unspecified atom stereocenters. The zero-order chi connectivity index (χ0) is 22.2. The summed E-state index contributed by atoms with van der Waals surface area (Å²) in [6.45, 7) is 6.32. The molecule has 0 saturated heterocycles. The first kappa shape index (κ1) is 21.3. The number of hydrogen-bond acceptors (Lipinski definition) is 6. The minimum absolute atomic E-state index is 0.0420. The van der Waals surface area contributed by atoms with E-state index < -0.39 is 10.1 Å². The molecule has 8 heteroatoms. The summed E-state index contributed by atoms with van der Waals surface area (Å²) in [6, 6.07) is 15.0. The first-order valence-corrected chi connectivity index (χ1v) is 11.6. The molecule has 0 atom stereocenters. The van der Waals surface area contributed by atoms with Crippen molar-refractivity contribution in [3.8, 4) is 22.4 Å². The van der Waals surface area contributed by atoms with Gasteiger partial charge in [0.05, 0.1) is 24.6 Å². The third kappa shape index (κ3) is 4.26. The lowest BCUT2D eigenvalue weighted by Crippen LogP contribution is -2.15. The zero-order valence-electron chi connectivity index (χ0n) is 17.7. The van der Waals surface area contributed by atoms with Crippen molar-refractivity contribution < 1.29 is 22.1 Å². The number of esters is 1. The maximum absolute atomic E-state index is 12.0. The second-order valence-corrected chi connectivity index (χ2v) is 9.27. The molecule has 0 bridgehead atoms. The van der Waals surface area contributed by atoms with Crippen molar-refractivity contribution in [3.05, 3.63) is 59.8 Å². The summed E-state index contributed by atoms with van der Waals surface area (Å²) in [5, 5.41) is 4.58. The maximum atomic E-state index is 12.0. The van der Waals surface area contributed by atoms with Gasteiger partial charge in [-0.15, -0.1) is 0 Å². The van der Waals surface area contributed by atoms with Crippen molar-refractivity contribution in [2.24, 2.45) is 0 Å². The molecule has 1 aliphatic heterocycles. The Bertz CT molecular complexity index is 1230. The lowest BCUT2D eigenvalue weighted by atomic mass is 10.0. The Hall–Kier alpha value is -2.97. The van der Waals surface area contributed by atoms with E-state index in [1.165, 1.54) is 0 Å². The minimum Gasteiger partial charge on any atom is -0.465 e. The Balaban J connectivity index is 1.67. The molecular weight excluding hydrogens is 416 g/mol. The van der Waals surface area contributed by atoms with Gasteiger partial charge in [0.15, 0.2) is 0 Å². The molecular formula is C23H24N2O5S. The van der Waals surface area contributed by atoms with Crippen molar-refractivity contribution >= 4 is 16.1 Å². The van der Waals surface area contributed by atoms with E-state index in [2.05, 4.69) is 18.9 Å². The molecule has 1 aliphatic rings. The van der Waals surface area contributed by atoms with E-state index in [-0.39, 0.29) is 29.9 Å². The van der Waals surface area contributed by atoms with Gasteiger partial charge in [0.2, 0.25) is 0 Å². The van der Waals surface area contributed by atoms with Crippen molar-refractivity contribution in [1.82, 2.24) is 9.78 Å². The summed E-state index contributed by atoms with van der Waals surface area (Å²) in [7, 11) is -3.67. The lowest BCUT2D eigenvalue weighted by Gasteiger charge is -2.09. The number of aromatic nitrogens is 2. The minimum atomic E-state index is -3.67. The predicted octanol–water partition coefficient (Wildman–Crippen LogP) is 4.12. The van der Waals surface area contributed by atoms with E-state index >= 15 is 0 Å². The van der Waals surface area contributed by atoms with Crippen LogP contribution in [0.1, 0.15) is 37.9 Å². The number of carbonyl (C=O) groups is 1. The average Bonchev–Trinajstić information content (AvgIpc) is 3.29. The molecule has 4 rings (SSSR count). The van der Waals surface area contributed by atoms with Crippen LogP contribution in [0.25, 0.3) is 22.4 Å². The monoisotopic (exact) mass is 440 g/mol. The second-order valence-electron chi connectivity index (χ2n) is 7.69. The van der Waals surface area contributed by atoms with Gasteiger partial charge in [-0.2, -0.15) is 13.5 Å². The summed E-state index contributed by atoms with van der Waals surface area (Å²) < 4.78 is 35.7. The molecule has 0 fully saturated rings. The molecule has 31 heavy (non-hydrogen) atoms. The molecule has 1 aromatic heterocycles. The van der Waals surface area contributed by atoms with Gasteiger partial charge in [0.25, 0.3) is 10.1 Å². The second kappa shape index (κ2) is 8.28. The van der Waals surface area contributed by atoms with Crippen molar-refractivity contribution in [2.45, 2.75) is 44.7 Å². The van der Waals surface area contributed by atoms with Crippen LogP contribution in [0.3, 0.4) is 0 Å². The molecule has 162 valence electrons. The highest BCUT2D eigenvalue weighted by Gasteiger charge is 2.27. The normalized spacial score (nSPS) is 14.6. The van der Waals surface area contributed by atoms with Crippen LogP contribution >= 0.6 is 0 Å². The Morgan fingerprint density at radius 3 is 2.45 bits per heavy atom. The fourth-order valence-electron chi connectivity index (χ4n) is 3.52. The quantitative estimate of drug-likeness (QED) is 0.423. The van der Waals surface area contributed by atoms with Gasteiger partial charge in [-0.3, -0.25) is 13.7 Å². The van der Waals surface area contributed by atoms with E-state index in [4.69, 9.17) is 8.92 Å². The smallest absolute Gasteiger partial charge is 0.327 e.